The molecule has 16 heavy (non-hydrogen) atoms. The standard InChI is InChI=1S/C11H5BrN4/c12-6-3-8-10-9(16-11(8)14-5-6)2-1-7(4-13)15-10/h1-3,5H,(H,14,16). The average molecular weight is 273 g/mol. The van der Waals surface area contributed by atoms with Crippen LogP contribution in [0.4, 0.5) is 0 Å². The minimum atomic E-state index is 0.411. The van der Waals surface area contributed by atoms with E-state index in [0.29, 0.717) is 5.69 Å². The number of nitriles is 1. The Morgan fingerprint density at radius 3 is 3.06 bits per heavy atom. The van der Waals surface area contributed by atoms with Crippen LogP contribution < -0.4 is 0 Å². The van der Waals surface area contributed by atoms with E-state index < -0.39 is 0 Å². The number of nitrogens with zero attached hydrogens (tertiary/aromatic N) is 3. The SMILES string of the molecule is N#Cc1ccc2[nH]c3ncc(Br)cc3c2n1. The van der Waals surface area contributed by atoms with Crippen LogP contribution in [0.25, 0.3) is 22.1 Å². The van der Waals surface area contributed by atoms with Crippen LogP contribution in [0, 0.1) is 11.3 Å². The summed E-state index contributed by atoms with van der Waals surface area (Å²) in [5.74, 6) is 0. The molecular weight excluding hydrogens is 268 g/mol. The Morgan fingerprint density at radius 1 is 1.38 bits per heavy atom. The highest BCUT2D eigenvalue weighted by molar-refractivity contribution is 9.10. The fraction of sp³-hybridized carbons (Fsp3) is 0. The summed E-state index contributed by atoms with van der Waals surface area (Å²) in [4.78, 5) is 11.7. The second-order valence-corrected chi connectivity index (χ2v) is 4.29. The van der Waals surface area contributed by atoms with Crippen molar-refractivity contribution in [2.75, 3.05) is 0 Å². The van der Waals surface area contributed by atoms with Gasteiger partial charge in [0.25, 0.3) is 0 Å². The number of halogens is 1. The molecule has 0 amide bonds. The first-order valence-electron chi connectivity index (χ1n) is 4.62. The molecule has 0 unspecified atom stereocenters. The normalized spacial score (nSPS) is 10.8. The second kappa shape index (κ2) is 3.29. The largest absolute Gasteiger partial charge is 0.338 e. The zero-order valence-electron chi connectivity index (χ0n) is 8.03. The molecule has 3 rings (SSSR count). The quantitative estimate of drug-likeness (QED) is 0.684. The first-order chi connectivity index (χ1) is 7.78. The summed E-state index contributed by atoms with van der Waals surface area (Å²) in [6.07, 6.45) is 1.73. The maximum absolute atomic E-state index is 8.81. The summed E-state index contributed by atoms with van der Waals surface area (Å²) in [5, 5.41) is 9.73. The Labute approximate surface area is 99.1 Å². The summed E-state index contributed by atoms with van der Waals surface area (Å²) in [5.41, 5.74) is 2.86. The third-order valence-corrected chi connectivity index (χ3v) is 2.81. The summed E-state index contributed by atoms with van der Waals surface area (Å²) < 4.78 is 0.894. The minimum Gasteiger partial charge on any atom is -0.338 e. The topological polar surface area (TPSA) is 65.4 Å². The Balaban J connectivity index is 2.50. The van der Waals surface area contributed by atoms with Crippen LogP contribution in [0.3, 0.4) is 0 Å². The van der Waals surface area contributed by atoms with Crippen molar-refractivity contribution in [1.82, 2.24) is 15.0 Å². The fourth-order valence-corrected chi connectivity index (χ4v) is 2.01. The van der Waals surface area contributed by atoms with Crippen molar-refractivity contribution < 1.29 is 0 Å². The Morgan fingerprint density at radius 2 is 2.25 bits per heavy atom. The van der Waals surface area contributed by atoms with Gasteiger partial charge in [-0.05, 0) is 34.1 Å². The van der Waals surface area contributed by atoms with Gasteiger partial charge in [0.05, 0.1) is 11.0 Å². The van der Waals surface area contributed by atoms with Crippen LogP contribution >= 0.6 is 15.9 Å². The van der Waals surface area contributed by atoms with Gasteiger partial charge in [0.2, 0.25) is 0 Å². The predicted octanol–water partition coefficient (Wildman–Crippen LogP) is 2.75. The van der Waals surface area contributed by atoms with Gasteiger partial charge in [-0.25, -0.2) is 9.97 Å². The monoisotopic (exact) mass is 272 g/mol. The van der Waals surface area contributed by atoms with Gasteiger partial charge in [-0.3, -0.25) is 0 Å². The van der Waals surface area contributed by atoms with Gasteiger partial charge < -0.3 is 4.98 Å². The van der Waals surface area contributed by atoms with E-state index in [2.05, 4.69) is 30.9 Å². The lowest BCUT2D eigenvalue weighted by molar-refractivity contribution is 1.32. The van der Waals surface area contributed by atoms with E-state index in [9.17, 15) is 0 Å². The molecule has 0 aliphatic heterocycles. The molecule has 0 aliphatic carbocycles. The molecule has 4 nitrogen and oxygen atoms in total. The number of rotatable bonds is 0. The van der Waals surface area contributed by atoms with Crippen LogP contribution in [-0.2, 0) is 0 Å². The van der Waals surface area contributed by atoms with Crippen molar-refractivity contribution in [2.45, 2.75) is 0 Å². The van der Waals surface area contributed by atoms with Gasteiger partial charge >= 0.3 is 0 Å². The van der Waals surface area contributed by atoms with Gasteiger partial charge in [-0.2, -0.15) is 5.26 Å². The van der Waals surface area contributed by atoms with Gasteiger partial charge in [0, 0.05) is 16.1 Å². The fourth-order valence-electron chi connectivity index (χ4n) is 1.67. The average Bonchev–Trinajstić information content (AvgIpc) is 2.66. The minimum absolute atomic E-state index is 0.411. The zero-order valence-corrected chi connectivity index (χ0v) is 9.62. The Kier molecular flexibility index (Phi) is 1.91. The van der Waals surface area contributed by atoms with E-state index in [-0.39, 0.29) is 0 Å². The summed E-state index contributed by atoms with van der Waals surface area (Å²) in [7, 11) is 0. The molecule has 3 heterocycles. The van der Waals surface area contributed by atoms with Crippen molar-refractivity contribution >= 4 is 38.0 Å². The predicted molar refractivity (Wildman–Crippen MR) is 63.8 cm³/mol. The van der Waals surface area contributed by atoms with Crippen molar-refractivity contribution in [3.63, 3.8) is 0 Å². The van der Waals surface area contributed by atoms with E-state index in [1.54, 1.807) is 12.3 Å². The van der Waals surface area contributed by atoms with Crippen LogP contribution in [0.2, 0.25) is 0 Å². The van der Waals surface area contributed by atoms with E-state index in [4.69, 9.17) is 5.26 Å². The molecule has 0 spiro atoms. The molecule has 0 saturated heterocycles. The Hall–Kier alpha value is -1.93. The molecule has 3 aromatic rings. The van der Waals surface area contributed by atoms with Gasteiger partial charge in [-0.1, -0.05) is 0 Å². The summed E-state index contributed by atoms with van der Waals surface area (Å²) >= 11 is 3.37. The number of nitrogens with one attached hydrogen (secondary N) is 1. The van der Waals surface area contributed by atoms with Gasteiger partial charge in [-0.15, -0.1) is 0 Å². The lowest BCUT2D eigenvalue weighted by atomic mass is 10.2. The highest BCUT2D eigenvalue weighted by Gasteiger charge is 2.07. The number of fused-ring (bicyclic) bond motifs is 3. The number of pyridine rings is 2. The summed E-state index contributed by atoms with van der Waals surface area (Å²) in [6.45, 7) is 0. The molecular formula is C11H5BrN4. The molecule has 5 heteroatoms. The molecule has 76 valence electrons. The van der Waals surface area contributed by atoms with E-state index in [0.717, 1.165) is 26.5 Å². The molecule has 0 atom stereocenters. The molecule has 0 radical (unpaired) electrons. The van der Waals surface area contributed by atoms with Crippen molar-refractivity contribution in [3.8, 4) is 6.07 Å². The first kappa shape index (κ1) is 9.31. The first-order valence-corrected chi connectivity index (χ1v) is 5.41. The Bertz CT molecular complexity index is 739. The molecule has 0 fully saturated rings. The van der Waals surface area contributed by atoms with Crippen LogP contribution in [0.15, 0.2) is 28.9 Å². The third-order valence-electron chi connectivity index (χ3n) is 2.37. The summed E-state index contributed by atoms with van der Waals surface area (Å²) in [6, 6.07) is 7.50. The molecule has 1 N–H and O–H groups in total. The lowest BCUT2D eigenvalue weighted by Gasteiger charge is -1.91. The van der Waals surface area contributed by atoms with E-state index >= 15 is 0 Å². The zero-order chi connectivity index (χ0) is 11.1. The number of hydrogen-bond donors (Lipinski definition) is 1. The van der Waals surface area contributed by atoms with Gasteiger partial charge in [0.15, 0.2) is 0 Å². The van der Waals surface area contributed by atoms with E-state index in [1.807, 2.05) is 18.2 Å². The van der Waals surface area contributed by atoms with Crippen LogP contribution in [-0.4, -0.2) is 15.0 Å². The highest BCUT2D eigenvalue weighted by atomic mass is 79.9. The van der Waals surface area contributed by atoms with E-state index in [1.165, 1.54) is 0 Å². The van der Waals surface area contributed by atoms with Crippen LogP contribution in [0.5, 0.6) is 0 Å². The van der Waals surface area contributed by atoms with Crippen LogP contribution in [0.1, 0.15) is 5.69 Å². The second-order valence-electron chi connectivity index (χ2n) is 3.38. The maximum Gasteiger partial charge on any atom is 0.141 e. The number of aromatic amines is 1. The molecule has 0 saturated carbocycles. The number of aromatic nitrogens is 3. The molecule has 0 aromatic carbocycles. The third kappa shape index (κ3) is 1.27. The number of hydrogen-bond acceptors (Lipinski definition) is 3. The smallest absolute Gasteiger partial charge is 0.141 e. The molecule has 0 bridgehead atoms. The van der Waals surface area contributed by atoms with Crippen molar-refractivity contribution in [3.05, 3.63) is 34.6 Å². The molecule has 3 aromatic heterocycles. The van der Waals surface area contributed by atoms with Crippen molar-refractivity contribution in [2.24, 2.45) is 0 Å². The number of H-pyrrole nitrogens is 1. The van der Waals surface area contributed by atoms with Crippen molar-refractivity contribution in [1.29, 1.82) is 5.26 Å². The lowest BCUT2D eigenvalue weighted by Crippen LogP contribution is -1.81. The maximum atomic E-state index is 8.81. The molecule has 0 aliphatic rings. The highest BCUT2D eigenvalue weighted by Crippen LogP contribution is 2.24. The van der Waals surface area contributed by atoms with Gasteiger partial charge in [0.1, 0.15) is 17.4 Å².